The molecule has 0 saturated carbocycles. The van der Waals surface area contributed by atoms with Gasteiger partial charge < -0.3 is 14.9 Å². The Bertz CT molecular complexity index is 406. The smallest absolute Gasteiger partial charge is 0.0717 e. The van der Waals surface area contributed by atoms with Gasteiger partial charge in [-0.1, -0.05) is 0 Å². The zero-order valence-electron chi connectivity index (χ0n) is 11.6. The molecule has 1 fully saturated rings. The fourth-order valence-electron chi connectivity index (χ4n) is 2.73. The Hall–Kier alpha value is -1.13. The van der Waals surface area contributed by atoms with Crippen molar-refractivity contribution in [2.45, 2.75) is 32.4 Å². The number of aliphatic hydroxyl groups excluding tert-OH is 1. The van der Waals surface area contributed by atoms with Crippen LogP contribution in [0.5, 0.6) is 0 Å². The fraction of sp³-hybridized carbons (Fsp3) is 0.643. The molecule has 1 N–H and O–H groups in total. The number of hydrogen-bond donors (Lipinski definition) is 1. The van der Waals surface area contributed by atoms with Gasteiger partial charge in [0.1, 0.15) is 0 Å². The Morgan fingerprint density at radius 3 is 2.94 bits per heavy atom. The summed E-state index contributed by atoms with van der Waals surface area (Å²) in [5, 5.41) is 9.46. The van der Waals surface area contributed by atoms with E-state index < -0.39 is 0 Å². The second-order valence-corrected chi connectivity index (χ2v) is 5.36. The molecule has 0 radical (unpaired) electrons. The van der Waals surface area contributed by atoms with Gasteiger partial charge >= 0.3 is 0 Å². The van der Waals surface area contributed by atoms with Crippen LogP contribution in [0, 0.1) is 6.92 Å². The van der Waals surface area contributed by atoms with Crippen molar-refractivity contribution in [2.24, 2.45) is 0 Å². The minimum atomic E-state index is 0.0633. The van der Waals surface area contributed by atoms with Crippen molar-refractivity contribution in [3.63, 3.8) is 0 Å². The quantitative estimate of drug-likeness (QED) is 0.876. The predicted molar refractivity (Wildman–Crippen MR) is 73.8 cm³/mol. The number of nitrogens with zero attached hydrogens (tertiary/aromatic N) is 3. The lowest BCUT2D eigenvalue weighted by Gasteiger charge is -2.30. The van der Waals surface area contributed by atoms with Crippen LogP contribution in [-0.4, -0.2) is 48.2 Å². The third kappa shape index (κ3) is 2.82. The molecule has 1 aromatic rings. The topological polar surface area (TPSA) is 39.6 Å². The summed E-state index contributed by atoms with van der Waals surface area (Å²) < 4.78 is 0. The molecule has 1 aliphatic heterocycles. The van der Waals surface area contributed by atoms with Crippen LogP contribution in [0.25, 0.3) is 0 Å². The first kappa shape index (κ1) is 13.3. The zero-order chi connectivity index (χ0) is 13.1. The number of likely N-dealkylation sites (N-methyl/N-ethyl adjacent to an activating group) is 1. The summed E-state index contributed by atoms with van der Waals surface area (Å²) in [5.74, 6) is 0. The van der Waals surface area contributed by atoms with E-state index in [0.29, 0.717) is 6.04 Å². The predicted octanol–water partition coefficient (Wildman–Crippen LogP) is 1.41. The average Bonchev–Trinajstić information content (AvgIpc) is 2.76. The van der Waals surface area contributed by atoms with Gasteiger partial charge in [-0.25, -0.2) is 0 Å². The van der Waals surface area contributed by atoms with E-state index in [1.54, 1.807) is 6.20 Å². The van der Waals surface area contributed by atoms with E-state index in [9.17, 15) is 5.11 Å². The number of pyridine rings is 1. The van der Waals surface area contributed by atoms with Crippen LogP contribution in [0.4, 0.5) is 5.69 Å². The number of anilines is 1. The molecular weight excluding hydrogens is 226 g/mol. The molecule has 1 atom stereocenters. The van der Waals surface area contributed by atoms with Crippen molar-refractivity contribution in [1.29, 1.82) is 0 Å². The van der Waals surface area contributed by atoms with E-state index in [-0.39, 0.29) is 6.61 Å². The lowest BCUT2D eigenvalue weighted by atomic mass is 10.1. The van der Waals surface area contributed by atoms with Gasteiger partial charge in [0.25, 0.3) is 0 Å². The first-order valence-electron chi connectivity index (χ1n) is 6.59. The van der Waals surface area contributed by atoms with E-state index in [1.165, 1.54) is 12.8 Å². The molecule has 0 spiro atoms. The molecule has 2 heterocycles. The van der Waals surface area contributed by atoms with Crippen molar-refractivity contribution in [3.8, 4) is 0 Å². The Balaban J connectivity index is 2.26. The Kier molecular flexibility index (Phi) is 4.19. The molecule has 0 aliphatic carbocycles. The highest BCUT2D eigenvalue weighted by atomic mass is 16.3. The Labute approximate surface area is 109 Å². The lowest BCUT2D eigenvalue weighted by molar-refractivity contribution is 0.281. The van der Waals surface area contributed by atoms with E-state index in [0.717, 1.165) is 30.0 Å². The second-order valence-electron chi connectivity index (χ2n) is 5.36. The van der Waals surface area contributed by atoms with Crippen molar-refractivity contribution in [3.05, 3.63) is 23.5 Å². The highest BCUT2D eigenvalue weighted by Crippen LogP contribution is 2.29. The minimum Gasteiger partial charge on any atom is -0.392 e. The molecule has 0 aromatic carbocycles. The summed E-state index contributed by atoms with van der Waals surface area (Å²) in [6, 6.07) is 2.64. The first-order valence-corrected chi connectivity index (χ1v) is 6.59. The van der Waals surface area contributed by atoms with E-state index >= 15 is 0 Å². The third-order valence-corrected chi connectivity index (χ3v) is 3.53. The maximum absolute atomic E-state index is 9.46. The van der Waals surface area contributed by atoms with Crippen molar-refractivity contribution < 1.29 is 5.11 Å². The lowest BCUT2D eigenvalue weighted by Crippen LogP contribution is -2.38. The maximum atomic E-state index is 9.46. The second kappa shape index (κ2) is 5.67. The van der Waals surface area contributed by atoms with E-state index in [1.807, 2.05) is 6.92 Å². The van der Waals surface area contributed by atoms with Crippen LogP contribution >= 0.6 is 0 Å². The number of rotatable bonds is 4. The van der Waals surface area contributed by atoms with Crippen LogP contribution in [-0.2, 0) is 6.61 Å². The number of aliphatic hydroxyl groups is 1. The monoisotopic (exact) mass is 249 g/mol. The Morgan fingerprint density at radius 1 is 1.50 bits per heavy atom. The van der Waals surface area contributed by atoms with Gasteiger partial charge in [-0.15, -0.1) is 0 Å². The van der Waals surface area contributed by atoms with Crippen LogP contribution in [0.15, 0.2) is 12.3 Å². The summed E-state index contributed by atoms with van der Waals surface area (Å²) >= 11 is 0. The van der Waals surface area contributed by atoms with Crippen molar-refractivity contribution in [1.82, 2.24) is 9.88 Å². The molecule has 0 amide bonds. The SMILES string of the molecule is Cc1cc(N2CCCC2CN(C)C)c(CO)cn1. The largest absolute Gasteiger partial charge is 0.392 e. The molecule has 4 nitrogen and oxygen atoms in total. The highest BCUT2D eigenvalue weighted by Gasteiger charge is 2.26. The molecule has 1 aliphatic rings. The number of aryl methyl sites for hydroxylation is 1. The van der Waals surface area contributed by atoms with Crippen molar-refractivity contribution >= 4 is 5.69 Å². The number of hydrogen-bond acceptors (Lipinski definition) is 4. The summed E-state index contributed by atoms with van der Waals surface area (Å²) in [4.78, 5) is 8.93. The molecular formula is C14H23N3O. The van der Waals surface area contributed by atoms with E-state index in [2.05, 4.69) is 34.9 Å². The summed E-state index contributed by atoms with van der Waals surface area (Å²) in [6.45, 7) is 4.21. The van der Waals surface area contributed by atoms with Gasteiger partial charge in [0.15, 0.2) is 0 Å². The standard InChI is InChI=1S/C14H23N3O/c1-11-7-14(12(10-18)8-15-11)17-6-4-5-13(17)9-16(2)3/h7-8,13,18H,4-6,9-10H2,1-3H3. The summed E-state index contributed by atoms with van der Waals surface area (Å²) in [5.41, 5.74) is 3.11. The Morgan fingerprint density at radius 2 is 2.28 bits per heavy atom. The van der Waals surface area contributed by atoms with Crippen LogP contribution in [0.1, 0.15) is 24.1 Å². The molecule has 1 aromatic heterocycles. The highest BCUT2D eigenvalue weighted by molar-refractivity contribution is 5.55. The van der Waals surface area contributed by atoms with Crippen molar-refractivity contribution in [2.75, 3.05) is 32.1 Å². The van der Waals surface area contributed by atoms with Crippen LogP contribution in [0.3, 0.4) is 0 Å². The molecule has 1 unspecified atom stereocenters. The first-order chi connectivity index (χ1) is 8.61. The van der Waals surface area contributed by atoms with Crippen LogP contribution in [0.2, 0.25) is 0 Å². The third-order valence-electron chi connectivity index (χ3n) is 3.53. The molecule has 0 bridgehead atoms. The van der Waals surface area contributed by atoms with Gasteiger partial charge in [0, 0.05) is 42.3 Å². The van der Waals surface area contributed by atoms with Crippen LogP contribution < -0.4 is 4.90 Å². The molecule has 100 valence electrons. The average molecular weight is 249 g/mol. The van der Waals surface area contributed by atoms with Gasteiger partial charge in [-0.2, -0.15) is 0 Å². The van der Waals surface area contributed by atoms with E-state index in [4.69, 9.17) is 0 Å². The molecule has 1 saturated heterocycles. The normalized spacial score (nSPS) is 19.8. The van der Waals surface area contributed by atoms with Gasteiger partial charge in [0.2, 0.25) is 0 Å². The summed E-state index contributed by atoms with van der Waals surface area (Å²) in [7, 11) is 4.22. The van der Waals surface area contributed by atoms with Gasteiger partial charge in [0.05, 0.1) is 6.61 Å². The summed E-state index contributed by atoms with van der Waals surface area (Å²) in [6.07, 6.45) is 4.25. The fourth-order valence-corrected chi connectivity index (χ4v) is 2.73. The minimum absolute atomic E-state index is 0.0633. The molecule has 18 heavy (non-hydrogen) atoms. The van der Waals surface area contributed by atoms with Gasteiger partial charge in [-0.05, 0) is 39.9 Å². The maximum Gasteiger partial charge on any atom is 0.0717 e. The van der Waals surface area contributed by atoms with Gasteiger partial charge in [-0.3, -0.25) is 4.98 Å². The molecule has 2 rings (SSSR count). The zero-order valence-corrected chi connectivity index (χ0v) is 11.6. The number of aromatic nitrogens is 1. The molecule has 4 heteroatoms.